The zero-order valence-corrected chi connectivity index (χ0v) is 12.3. The van der Waals surface area contributed by atoms with Crippen molar-refractivity contribution in [3.05, 3.63) is 0 Å². The molecule has 0 saturated carbocycles. The molecule has 1 aliphatic heterocycles. The Bertz CT molecular complexity index is 257. The monoisotopic (exact) mass is 243 g/mol. The number of likely N-dealkylation sites (N-methyl/N-ethyl adjacent to an activating group) is 1. The van der Waals surface area contributed by atoms with Crippen molar-refractivity contribution >= 4 is 0 Å². The standard InChI is InChI=1S/C13H29N3O/c1-11(17-6)13(4,9-14)16-8-7-15(5)12(2,3)10-16/h11H,7-10,14H2,1-6H3. The third-order valence-electron chi connectivity index (χ3n) is 4.68. The number of nitrogens with zero attached hydrogens (tertiary/aromatic N) is 2. The van der Waals surface area contributed by atoms with Gasteiger partial charge in [-0.05, 0) is 34.7 Å². The van der Waals surface area contributed by atoms with E-state index in [0.29, 0.717) is 6.54 Å². The van der Waals surface area contributed by atoms with Crippen LogP contribution in [0.1, 0.15) is 27.7 Å². The van der Waals surface area contributed by atoms with Gasteiger partial charge in [0.25, 0.3) is 0 Å². The molecule has 1 fully saturated rings. The van der Waals surface area contributed by atoms with Gasteiger partial charge in [-0.2, -0.15) is 0 Å². The van der Waals surface area contributed by atoms with E-state index in [1.165, 1.54) is 0 Å². The second kappa shape index (κ2) is 5.22. The first-order valence-corrected chi connectivity index (χ1v) is 6.47. The van der Waals surface area contributed by atoms with Crippen LogP contribution in [0.5, 0.6) is 0 Å². The topological polar surface area (TPSA) is 41.7 Å². The summed E-state index contributed by atoms with van der Waals surface area (Å²) in [5.41, 5.74) is 6.12. The fourth-order valence-electron chi connectivity index (χ4n) is 2.48. The second-order valence-corrected chi connectivity index (χ2v) is 6.09. The van der Waals surface area contributed by atoms with Gasteiger partial charge in [0.1, 0.15) is 0 Å². The Labute approximate surface area is 106 Å². The summed E-state index contributed by atoms with van der Waals surface area (Å²) in [6.07, 6.45) is 0.145. The average Bonchev–Trinajstić information content (AvgIpc) is 2.30. The molecule has 0 bridgehead atoms. The summed E-state index contributed by atoms with van der Waals surface area (Å²) in [4.78, 5) is 4.90. The Morgan fingerprint density at radius 3 is 2.41 bits per heavy atom. The lowest BCUT2D eigenvalue weighted by molar-refractivity contribution is -0.0755. The van der Waals surface area contributed by atoms with Crippen molar-refractivity contribution in [2.45, 2.75) is 44.9 Å². The van der Waals surface area contributed by atoms with E-state index in [1.54, 1.807) is 7.11 Å². The van der Waals surface area contributed by atoms with Gasteiger partial charge in [-0.3, -0.25) is 9.80 Å². The number of methoxy groups -OCH3 is 1. The van der Waals surface area contributed by atoms with Crippen LogP contribution in [0.3, 0.4) is 0 Å². The van der Waals surface area contributed by atoms with Gasteiger partial charge in [0.15, 0.2) is 0 Å². The third-order valence-corrected chi connectivity index (χ3v) is 4.68. The van der Waals surface area contributed by atoms with E-state index in [-0.39, 0.29) is 17.2 Å². The summed E-state index contributed by atoms with van der Waals surface area (Å²) in [6.45, 7) is 12.7. The molecule has 0 aromatic carbocycles. The van der Waals surface area contributed by atoms with Crippen LogP contribution < -0.4 is 5.73 Å². The molecule has 102 valence electrons. The summed E-state index contributed by atoms with van der Waals surface area (Å²) in [5, 5.41) is 0. The maximum Gasteiger partial charge on any atom is 0.0736 e. The van der Waals surface area contributed by atoms with Crippen molar-refractivity contribution in [2.24, 2.45) is 5.73 Å². The molecule has 0 aromatic heterocycles. The maximum absolute atomic E-state index is 6.00. The van der Waals surface area contributed by atoms with Crippen LogP contribution in [0, 0.1) is 0 Å². The van der Waals surface area contributed by atoms with Gasteiger partial charge in [-0.25, -0.2) is 0 Å². The molecule has 1 aliphatic rings. The number of ether oxygens (including phenoxy) is 1. The SMILES string of the molecule is COC(C)C(C)(CN)N1CCN(C)C(C)(C)C1. The first kappa shape index (κ1) is 14.9. The van der Waals surface area contributed by atoms with Crippen molar-refractivity contribution in [3.8, 4) is 0 Å². The van der Waals surface area contributed by atoms with Gasteiger partial charge in [-0.15, -0.1) is 0 Å². The molecule has 4 heteroatoms. The minimum Gasteiger partial charge on any atom is -0.380 e. The Kier molecular flexibility index (Phi) is 4.58. The van der Waals surface area contributed by atoms with Crippen LogP contribution in [-0.2, 0) is 4.74 Å². The quantitative estimate of drug-likeness (QED) is 0.792. The van der Waals surface area contributed by atoms with E-state index >= 15 is 0 Å². The Morgan fingerprint density at radius 1 is 1.41 bits per heavy atom. The number of hydrogen-bond donors (Lipinski definition) is 1. The highest BCUT2D eigenvalue weighted by atomic mass is 16.5. The van der Waals surface area contributed by atoms with Crippen molar-refractivity contribution in [1.82, 2.24) is 9.80 Å². The van der Waals surface area contributed by atoms with Crippen LogP contribution in [0.15, 0.2) is 0 Å². The fourth-order valence-corrected chi connectivity index (χ4v) is 2.48. The van der Waals surface area contributed by atoms with Gasteiger partial charge in [0.05, 0.1) is 11.6 Å². The highest BCUT2D eigenvalue weighted by Crippen LogP contribution is 2.28. The van der Waals surface area contributed by atoms with Gasteiger partial charge in [-0.1, -0.05) is 0 Å². The van der Waals surface area contributed by atoms with E-state index < -0.39 is 0 Å². The lowest BCUT2D eigenvalue weighted by Gasteiger charge is -2.53. The number of rotatable bonds is 4. The largest absolute Gasteiger partial charge is 0.380 e. The van der Waals surface area contributed by atoms with Crippen LogP contribution in [0.2, 0.25) is 0 Å². The average molecular weight is 243 g/mol. The molecule has 2 N–H and O–H groups in total. The molecule has 1 saturated heterocycles. The molecule has 0 aromatic rings. The summed E-state index contributed by atoms with van der Waals surface area (Å²) >= 11 is 0. The molecule has 4 nitrogen and oxygen atoms in total. The minimum absolute atomic E-state index is 0.0761. The van der Waals surface area contributed by atoms with Crippen LogP contribution in [-0.4, -0.2) is 67.3 Å². The lowest BCUT2D eigenvalue weighted by atomic mass is 9.88. The van der Waals surface area contributed by atoms with E-state index in [4.69, 9.17) is 10.5 Å². The van der Waals surface area contributed by atoms with Crippen molar-refractivity contribution in [2.75, 3.05) is 40.3 Å². The first-order valence-electron chi connectivity index (χ1n) is 6.47. The minimum atomic E-state index is -0.0761. The van der Waals surface area contributed by atoms with Crippen LogP contribution in [0.4, 0.5) is 0 Å². The summed E-state index contributed by atoms with van der Waals surface area (Å²) < 4.78 is 5.52. The van der Waals surface area contributed by atoms with Crippen LogP contribution in [0.25, 0.3) is 0 Å². The Balaban J connectivity index is 2.84. The second-order valence-electron chi connectivity index (χ2n) is 6.09. The smallest absolute Gasteiger partial charge is 0.0736 e. The highest BCUT2D eigenvalue weighted by Gasteiger charge is 2.42. The molecule has 0 spiro atoms. The lowest BCUT2D eigenvalue weighted by Crippen LogP contribution is -2.68. The number of piperazine rings is 1. The van der Waals surface area contributed by atoms with Crippen molar-refractivity contribution in [1.29, 1.82) is 0 Å². The van der Waals surface area contributed by atoms with Crippen molar-refractivity contribution < 1.29 is 4.74 Å². The van der Waals surface area contributed by atoms with Crippen LogP contribution >= 0.6 is 0 Å². The Morgan fingerprint density at radius 2 is 2.00 bits per heavy atom. The number of hydrogen-bond acceptors (Lipinski definition) is 4. The summed E-state index contributed by atoms with van der Waals surface area (Å²) in [6, 6.07) is 0. The molecule has 1 heterocycles. The van der Waals surface area contributed by atoms with E-state index in [1.807, 2.05) is 0 Å². The zero-order valence-electron chi connectivity index (χ0n) is 12.3. The molecule has 0 aliphatic carbocycles. The van der Waals surface area contributed by atoms with E-state index in [0.717, 1.165) is 19.6 Å². The molecule has 1 rings (SSSR count). The maximum atomic E-state index is 6.00. The van der Waals surface area contributed by atoms with Crippen molar-refractivity contribution in [3.63, 3.8) is 0 Å². The molecule has 2 atom stereocenters. The first-order chi connectivity index (χ1) is 7.78. The van der Waals surface area contributed by atoms with E-state index in [9.17, 15) is 0 Å². The predicted molar refractivity (Wildman–Crippen MR) is 72.2 cm³/mol. The highest BCUT2D eigenvalue weighted by molar-refractivity contribution is 4.99. The molecule has 0 amide bonds. The Hall–Kier alpha value is -0.160. The molecule has 2 unspecified atom stereocenters. The fraction of sp³-hybridized carbons (Fsp3) is 1.00. The van der Waals surface area contributed by atoms with Gasteiger partial charge in [0, 0.05) is 38.8 Å². The molecule has 0 radical (unpaired) electrons. The molecular weight excluding hydrogens is 214 g/mol. The predicted octanol–water partition coefficient (Wildman–Crippen LogP) is 0.765. The summed E-state index contributed by atoms with van der Waals surface area (Å²) in [7, 11) is 3.96. The normalized spacial score (nSPS) is 27.7. The van der Waals surface area contributed by atoms with Gasteiger partial charge < -0.3 is 10.5 Å². The molecular formula is C13H29N3O. The van der Waals surface area contributed by atoms with E-state index in [2.05, 4.69) is 44.5 Å². The zero-order chi connectivity index (χ0) is 13.3. The van der Waals surface area contributed by atoms with Gasteiger partial charge >= 0.3 is 0 Å². The molecule has 17 heavy (non-hydrogen) atoms. The third kappa shape index (κ3) is 2.81. The summed E-state index contributed by atoms with van der Waals surface area (Å²) in [5.74, 6) is 0. The van der Waals surface area contributed by atoms with Gasteiger partial charge in [0.2, 0.25) is 0 Å². The number of nitrogens with two attached hydrogens (primary N) is 1.